The number of hydrogen-bond acceptors (Lipinski definition) is 3. The van der Waals surface area contributed by atoms with Crippen LogP contribution < -0.4 is 4.90 Å². The highest BCUT2D eigenvalue weighted by molar-refractivity contribution is 5.55. The van der Waals surface area contributed by atoms with E-state index in [2.05, 4.69) is 34.9 Å². The number of benzene rings is 2. The van der Waals surface area contributed by atoms with Crippen LogP contribution in [0.3, 0.4) is 0 Å². The molecule has 2 aromatic rings. The Hall–Kier alpha value is -1.84. The first-order chi connectivity index (χ1) is 12.1. The van der Waals surface area contributed by atoms with Crippen molar-refractivity contribution in [3.05, 3.63) is 65.2 Å². The van der Waals surface area contributed by atoms with Crippen molar-refractivity contribution in [1.29, 1.82) is 0 Å². The number of aliphatic hydroxyl groups is 1. The molecule has 1 N–H and O–H groups in total. The van der Waals surface area contributed by atoms with E-state index in [1.165, 1.54) is 42.7 Å². The Balaban J connectivity index is 1.44. The van der Waals surface area contributed by atoms with Crippen LogP contribution in [0.5, 0.6) is 0 Å². The molecule has 0 unspecified atom stereocenters. The van der Waals surface area contributed by atoms with Crippen molar-refractivity contribution in [2.24, 2.45) is 0 Å². The van der Waals surface area contributed by atoms with E-state index < -0.39 is 5.60 Å². The van der Waals surface area contributed by atoms with Crippen molar-refractivity contribution in [1.82, 2.24) is 4.90 Å². The highest BCUT2D eigenvalue weighted by Crippen LogP contribution is 2.33. The maximum atomic E-state index is 11.0. The molecule has 2 saturated heterocycles. The summed E-state index contributed by atoms with van der Waals surface area (Å²) in [5, 5.41) is 11.0. The molecule has 0 aromatic heterocycles. The molecule has 2 aromatic carbocycles. The number of rotatable bonds is 4. The summed E-state index contributed by atoms with van der Waals surface area (Å²) in [6.45, 7) is 7.17. The number of likely N-dealkylation sites (tertiary alicyclic amines) is 1. The van der Waals surface area contributed by atoms with Crippen LogP contribution in [0, 0.1) is 6.92 Å². The van der Waals surface area contributed by atoms with Gasteiger partial charge in [-0.25, -0.2) is 0 Å². The van der Waals surface area contributed by atoms with Crippen molar-refractivity contribution in [2.45, 2.75) is 38.3 Å². The average Bonchev–Trinajstić information content (AvgIpc) is 3.27. The molecule has 0 bridgehead atoms. The molecule has 25 heavy (non-hydrogen) atoms. The molecule has 0 amide bonds. The van der Waals surface area contributed by atoms with Crippen LogP contribution >= 0.6 is 0 Å². The lowest BCUT2D eigenvalue weighted by atomic mass is 9.93. The fraction of sp³-hybridized carbons (Fsp3) is 0.455. The quantitative estimate of drug-likeness (QED) is 0.922. The topological polar surface area (TPSA) is 26.7 Å². The summed E-state index contributed by atoms with van der Waals surface area (Å²) in [4.78, 5) is 4.88. The van der Waals surface area contributed by atoms with Crippen LogP contribution in [0.1, 0.15) is 36.0 Å². The average molecular weight is 336 g/mol. The Labute approximate surface area is 150 Å². The van der Waals surface area contributed by atoms with Crippen LogP contribution in [-0.4, -0.2) is 36.2 Å². The molecular weight excluding hydrogens is 308 g/mol. The highest BCUT2D eigenvalue weighted by Gasteiger charge is 2.37. The molecule has 0 radical (unpaired) electrons. The van der Waals surface area contributed by atoms with Gasteiger partial charge in [-0.3, -0.25) is 4.90 Å². The summed E-state index contributed by atoms with van der Waals surface area (Å²) in [6.07, 6.45) is 3.43. The maximum Gasteiger partial charge on any atom is 0.103 e. The second-order valence-electron chi connectivity index (χ2n) is 7.67. The van der Waals surface area contributed by atoms with E-state index in [0.717, 1.165) is 25.1 Å². The molecular formula is C22H28N2O. The predicted octanol–water partition coefficient (Wildman–Crippen LogP) is 3.69. The van der Waals surface area contributed by atoms with Crippen molar-refractivity contribution in [2.75, 3.05) is 31.1 Å². The van der Waals surface area contributed by atoms with Crippen LogP contribution in [0.15, 0.2) is 48.5 Å². The Bertz CT molecular complexity index is 724. The highest BCUT2D eigenvalue weighted by atomic mass is 16.3. The van der Waals surface area contributed by atoms with Gasteiger partial charge in [0.15, 0.2) is 0 Å². The normalized spacial score (nSPS) is 24.2. The first kappa shape index (κ1) is 16.6. The lowest BCUT2D eigenvalue weighted by molar-refractivity contribution is 0.0453. The largest absolute Gasteiger partial charge is 0.384 e. The van der Waals surface area contributed by atoms with Gasteiger partial charge in [0.2, 0.25) is 0 Å². The number of aryl methyl sites for hydroxylation is 1. The van der Waals surface area contributed by atoms with Crippen molar-refractivity contribution in [3.63, 3.8) is 0 Å². The molecule has 1 atom stereocenters. The number of β-amino-alcohol motifs (C(OH)–C–C–N with tert-alkyl or cyclic N) is 1. The minimum atomic E-state index is -0.703. The molecule has 2 aliphatic rings. The van der Waals surface area contributed by atoms with Gasteiger partial charge in [-0.2, -0.15) is 0 Å². The van der Waals surface area contributed by atoms with E-state index in [1.807, 2.05) is 30.3 Å². The van der Waals surface area contributed by atoms with Crippen molar-refractivity contribution in [3.8, 4) is 0 Å². The zero-order valence-corrected chi connectivity index (χ0v) is 15.1. The summed E-state index contributed by atoms with van der Waals surface area (Å²) in [6, 6.07) is 17.0. The SMILES string of the molecule is Cc1cc(CN2CC[C@](O)(c3ccccc3)C2)ccc1N1CCCC1. The smallest absolute Gasteiger partial charge is 0.103 e. The molecule has 2 heterocycles. The van der Waals surface area contributed by atoms with E-state index >= 15 is 0 Å². The van der Waals surface area contributed by atoms with Crippen LogP contribution in [0.4, 0.5) is 5.69 Å². The molecule has 4 rings (SSSR count). The fourth-order valence-corrected chi connectivity index (χ4v) is 4.38. The van der Waals surface area contributed by atoms with E-state index in [1.54, 1.807) is 0 Å². The Kier molecular flexibility index (Phi) is 4.53. The van der Waals surface area contributed by atoms with Gasteiger partial charge in [-0.05, 0) is 48.9 Å². The maximum absolute atomic E-state index is 11.0. The third kappa shape index (κ3) is 3.44. The van der Waals surface area contributed by atoms with Crippen LogP contribution in [-0.2, 0) is 12.1 Å². The zero-order valence-electron chi connectivity index (χ0n) is 15.1. The van der Waals surface area contributed by atoms with E-state index in [9.17, 15) is 5.11 Å². The molecule has 0 aliphatic carbocycles. The molecule has 2 aliphatic heterocycles. The first-order valence-corrected chi connectivity index (χ1v) is 9.49. The third-order valence-electron chi connectivity index (χ3n) is 5.75. The minimum Gasteiger partial charge on any atom is -0.384 e. The molecule has 132 valence electrons. The van der Waals surface area contributed by atoms with Gasteiger partial charge in [0.1, 0.15) is 5.60 Å². The number of nitrogens with zero attached hydrogens (tertiary/aromatic N) is 2. The van der Waals surface area contributed by atoms with E-state index in [-0.39, 0.29) is 0 Å². The lowest BCUT2D eigenvalue weighted by Crippen LogP contribution is -2.30. The van der Waals surface area contributed by atoms with Gasteiger partial charge in [-0.1, -0.05) is 42.5 Å². The van der Waals surface area contributed by atoms with Crippen LogP contribution in [0.2, 0.25) is 0 Å². The van der Waals surface area contributed by atoms with E-state index in [0.29, 0.717) is 6.54 Å². The second kappa shape index (κ2) is 6.81. The third-order valence-corrected chi connectivity index (χ3v) is 5.75. The Morgan fingerprint density at radius 1 is 1.00 bits per heavy atom. The monoisotopic (exact) mass is 336 g/mol. The van der Waals surface area contributed by atoms with Gasteiger partial charge in [0, 0.05) is 38.4 Å². The van der Waals surface area contributed by atoms with Crippen molar-refractivity contribution < 1.29 is 5.11 Å². The minimum absolute atomic E-state index is 0.703. The van der Waals surface area contributed by atoms with Gasteiger partial charge in [-0.15, -0.1) is 0 Å². The Morgan fingerprint density at radius 3 is 2.48 bits per heavy atom. The number of hydrogen-bond donors (Lipinski definition) is 1. The molecule has 3 heteroatoms. The summed E-state index contributed by atoms with van der Waals surface area (Å²) >= 11 is 0. The predicted molar refractivity (Wildman–Crippen MR) is 103 cm³/mol. The van der Waals surface area contributed by atoms with E-state index in [4.69, 9.17) is 0 Å². The fourth-order valence-electron chi connectivity index (χ4n) is 4.38. The van der Waals surface area contributed by atoms with Gasteiger partial charge in [0.05, 0.1) is 0 Å². The van der Waals surface area contributed by atoms with Crippen LogP contribution in [0.25, 0.3) is 0 Å². The van der Waals surface area contributed by atoms with Gasteiger partial charge < -0.3 is 10.0 Å². The lowest BCUT2D eigenvalue weighted by Gasteiger charge is -2.25. The standard InChI is InChI=1S/C22H28N2O/c1-18-15-19(9-10-21(18)24-12-5-6-13-24)16-23-14-11-22(25,17-23)20-7-3-2-4-8-20/h2-4,7-10,15,25H,5-6,11-14,16-17H2,1H3/t22-/m1/s1. The zero-order chi connectivity index (χ0) is 17.3. The second-order valence-corrected chi connectivity index (χ2v) is 7.67. The molecule has 3 nitrogen and oxygen atoms in total. The number of anilines is 1. The van der Waals surface area contributed by atoms with Crippen molar-refractivity contribution >= 4 is 5.69 Å². The Morgan fingerprint density at radius 2 is 1.76 bits per heavy atom. The molecule has 0 spiro atoms. The first-order valence-electron chi connectivity index (χ1n) is 9.49. The van der Waals surface area contributed by atoms with Gasteiger partial charge in [0.25, 0.3) is 0 Å². The summed E-state index contributed by atoms with van der Waals surface area (Å²) in [5.41, 5.74) is 4.45. The summed E-state index contributed by atoms with van der Waals surface area (Å²) < 4.78 is 0. The summed E-state index contributed by atoms with van der Waals surface area (Å²) in [5.74, 6) is 0. The molecule has 2 fully saturated rings. The molecule has 0 saturated carbocycles. The summed E-state index contributed by atoms with van der Waals surface area (Å²) in [7, 11) is 0. The van der Waals surface area contributed by atoms with Gasteiger partial charge >= 0.3 is 0 Å².